The SMILES string of the molecule is COC(=O)c1ccc2[nH]c3c(c2c1)CN([C@H]1C[C@@H](C)OC1=O)CC3. The molecule has 0 radical (unpaired) electrons. The largest absolute Gasteiger partial charge is 0.465 e. The van der Waals surface area contributed by atoms with E-state index in [1.165, 1.54) is 12.8 Å². The first-order chi connectivity index (χ1) is 11.6. The molecule has 1 fully saturated rings. The minimum absolute atomic E-state index is 0.0159. The fourth-order valence-electron chi connectivity index (χ4n) is 3.78. The Morgan fingerprint density at radius 1 is 1.42 bits per heavy atom. The van der Waals surface area contributed by atoms with E-state index in [0.717, 1.165) is 35.9 Å². The zero-order valence-corrected chi connectivity index (χ0v) is 13.8. The van der Waals surface area contributed by atoms with Crippen LogP contribution in [0.15, 0.2) is 18.2 Å². The van der Waals surface area contributed by atoms with Crippen LogP contribution >= 0.6 is 0 Å². The number of nitrogens with zero attached hydrogens (tertiary/aromatic N) is 1. The fraction of sp³-hybridized carbons (Fsp3) is 0.444. The summed E-state index contributed by atoms with van der Waals surface area (Å²) in [5.74, 6) is -0.464. The smallest absolute Gasteiger partial charge is 0.337 e. The summed E-state index contributed by atoms with van der Waals surface area (Å²) in [6, 6.07) is 5.39. The molecule has 0 bridgehead atoms. The number of cyclic esters (lactones) is 1. The fourth-order valence-corrected chi connectivity index (χ4v) is 3.78. The number of carbonyl (C=O) groups excluding carboxylic acids is 2. The molecule has 6 heteroatoms. The minimum atomic E-state index is -0.340. The van der Waals surface area contributed by atoms with Gasteiger partial charge in [-0.15, -0.1) is 0 Å². The maximum Gasteiger partial charge on any atom is 0.337 e. The lowest BCUT2D eigenvalue weighted by molar-refractivity contribution is -0.145. The van der Waals surface area contributed by atoms with Crippen molar-refractivity contribution >= 4 is 22.8 Å². The second-order valence-electron chi connectivity index (χ2n) is 6.55. The quantitative estimate of drug-likeness (QED) is 0.854. The molecular weight excluding hydrogens is 308 g/mol. The first kappa shape index (κ1) is 15.2. The highest BCUT2D eigenvalue weighted by molar-refractivity contribution is 5.96. The van der Waals surface area contributed by atoms with Gasteiger partial charge in [0.25, 0.3) is 0 Å². The third-order valence-electron chi connectivity index (χ3n) is 5.01. The van der Waals surface area contributed by atoms with Gasteiger partial charge in [-0.3, -0.25) is 9.69 Å². The van der Waals surface area contributed by atoms with Crippen LogP contribution in [0.1, 0.15) is 35.0 Å². The van der Waals surface area contributed by atoms with Crippen molar-refractivity contribution in [1.29, 1.82) is 0 Å². The van der Waals surface area contributed by atoms with Gasteiger partial charge in [0.15, 0.2) is 0 Å². The molecule has 2 aliphatic heterocycles. The van der Waals surface area contributed by atoms with Crippen molar-refractivity contribution in [3.8, 4) is 0 Å². The third kappa shape index (κ3) is 2.38. The molecule has 2 aromatic rings. The number of benzene rings is 1. The first-order valence-corrected chi connectivity index (χ1v) is 8.23. The number of H-pyrrole nitrogens is 1. The Kier molecular flexibility index (Phi) is 3.57. The number of fused-ring (bicyclic) bond motifs is 3. The predicted molar refractivity (Wildman–Crippen MR) is 87.7 cm³/mol. The molecule has 1 saturated heterocycles. The molecule has 0 spiro atoms. The van der Waals surface area contributed by atoms with Crippen molar-refractivity contribution in [3.63, 3.8) is 0 Å². The predicted octanol–water partition coefficient (Wildman–Crippen LogP) is 2.02. The van der Waals surface area contributed by atoms with Crippen LogP contribution in [0, 0.1) is 0 Å². The standard InChI is InChI=1S/C18H20N2O4/c1-10-7-16(18(22)24-10)20-6-5-15-13(9-20)12-8-11(17(21)23-2)3-4-14(12)19-15/h3-4,8,10,16,19H,5-7,9H2,1-2H3/t10-,16+/m1/s1. The van der Waals surface area contributed by atoms with Crippen molar-refractivity contribution in [1.82, 2.24) is 9.88 Å². The van der Waals surface area contributed by atoms with E-state index < -0.39 is 0 Å². The molecule has 2 aliphatic rings. The highest BCUT2D eigenvalue weighted by Crippen LogP contribution is 2.31. The summed E-state index contributed by atoms with van der Waals surface area (Å²) in [6.07, 6.45) is 1.58. The van der Waals surface area contributed by atoms with Crippen molar-refractivity contribution in [3.05, 3.63) is 35.0 Å². The lowest BCUT2D eigenvalue weighted by atomic mass is 10.0. The molecule has 0 aliphatic carbocycles. The lowest BCUT2D eigenvalue weighted by Gasteiger charge is -2.30. The van der Waals surface area contributed by atoms with Crippen LogP contribution in [0.2, 0.25) is 0 Å². The summed E-state index contributed by atoms with van der Waals surface area (Å²) in [4.78, 5) is 29.5. The number of rotatable bonds is 2. The first-order valence-electron chi connectivity index (χ1n) is 8.23. The second kappa shape index (κ2) is 5.63. The van der Waals surface area contributed by atoms with Crippen LogP contribution in [0.3, 0.4) is 0 Å². The monoisotopic (exact) mass is 328 g/mol. The number of methoxy groups -OCH3 is 1. The zero-order chi connectivity index (χ0) is 16.8. The zero-order valence-electron chi connectivity index (χ0n) is 13.8. The molecule has 2 atom stereocenters. The van der Waals surface area contributed by atoms with E-state index in [1.807, 2.05) is 19.1 Å². The average molecular weight is 328 g/mol. The summed E-state index contributed by atoms with van der Waals surface area (Å²) in [5, 5.41) is 1.03. The molecule has 3 heterocycles. The average Bonchev–Trinajstić information content (AvgIpc) is 3.12. The van der Waals surface area contributed by atoms with Crippen LogP contribution in [-0.4, -0.2) is 47.6 Å². The molecule has 24 heavy (non-hydrogen) atoms. The third-order valence-corrected chi connectivity index (χ3v) is 5.01. The number of aromatic amines is 1. The number of ether oxygens (including phenoxy) is 2. The molecule has 126 valence electrons. The highest BCUT2D eigenvalue weighted by atomic mass is 16.6. The lowest BCUT2D eigenvalue weighted by Crippen LogP contribution is -2.41. The molecule has 6 nitrogen and oxygen atoms in total. The van der Waals surface area contributed by atoms with Gasteiger partial charge >= 0.3 is 11.9 Å². The van der Waals surface area contributed by atoms with Crippen molar-refractivity contribution < 1.29 is 19.1 Å². The van der Waals surface area contributed by atoms with Gasteiger partial charge in [0.1, 0.15) is 12.1 Å². The Labute approximate surface area is 139 Å². The van der Waals surface area contributed by atoms with Crippen LogP contribution in [0.5, 0.6) is 0 Å². The number of hydrogen-bond donors (Lipinski definition) is 1. The van der Waals surface area contributed by atoms with Gasteiger partial charge < -0.3 is 14.5 Å². The summed E-state index contributed by atoms with van der Waals surface area (Å²) < 4.78 is 10.1. The summed E-state index contributed by atoms with van der Waals surface area (Å²) >= 11 is 0. The van der Waals surface area contributed by atoms with Crippen LogP contribution in [0.4, 0.5) is 0 Å². The molecule has 1 aromatic heterocycles. The maximum absolute atomic E-state index is 12.0. The molecule has 1 N–H and O–H groups in total. The molecule has 1 aromatic carbocycles. The molecular formula is C18H20N2O4. The normalized spacial score (nSPS) is 24.0. The summed E-state index contributed by atoms with van der Waals surface area (Å²) in [5.41, 5.74) is 3.90. The van der Waals surface area contributed by atoms with Gasteiger partial charge in [0.05, 0.1) is 12.7 Å². The Balaban J connectivity index is 1.69. The van der Waals surface area contributed by atoms with Gasteiger partial charge in [-0.1, -0.05) is 0 Å². The molecule has 0 amide bonds. The molecule has 0 unspecified atom stereocenters. The number of carbonyl (C=O) groups is 2. The van der Waals surface area contributed by atoms with Gasteiger partial charge in [-0.2, -0.15) is 0 Å². The van der Waals surface area contributed by atoms with Crippen LogP contribution < -0.4 is 0 Å². The van der Waals surface area contributed by atoms with Crippen LogP contribution in [-0.2, 0) is 27.2 Å². The van der Waals surface area contributed by atoms with E-state index in [4.69, 9.17) is 9.47 Å². The number of hydrogen-bond acceptors (Lipinski definition) is 5. The Morgan fingerprint density at radius 2 is 2.25 bits per heavy atom. The summed E-state index contributed by atoms with van der Waals surface area (Å²) in [7, 11) is 1.38. The van der Waals surface area contributed by atoms with E-state index >= 15 is 0 Å². The van der Waals surface area contributed by atoms with E-state index in [2.05, 4.69) is 9.88 Å². The van der Waals surface area contributed by atoms with Gasteiger partial charge in [0.2, 0.25) is 0 Å². The maximum atomic E-state index is 12.0. The second-order valence-corrected chi connectivity index (χ2v) is 6.55. The Bertz CT molecular complexity index is 826. The van der Waals surface area contributed by atoms with E-state index in [-0.39, 0.29) is 24.1 Å². The number of esters is 2. The van der Waals surface area contributed by atoms with E-state index in [9.17, 15) is 9.59 Å². The van der Waals surface area contributed by atoms with Gasteiger partial charge in [-0.25, -0.2) is 4.79 Å². The van der Waals surface area contributed by atoms with Crippen molar-refractivity contribution in [2.24, 2.45) is 0 Å². The van der Waals surface area contributed by atoms with Gasteiger partial charge in [0, 0.05) is 42.5 Å². The summed E-state index contributed by atoms with van der Waals surface area (Å²) in [6.45, 7) is 3.45. The van der Waals surface area contributed by atoms with E-state index in [1.54, 1.807) is 6.07 Å². The van der Waals surface area contributed by atoms with Crippen LogP contribution in [0.25, 0.3) is 10.9 Å². The number of aromatic nitrogens is 1. The number of nitrogens with one attached hydrogen (secondary N) is 1. The topological polar surface area (TPSA) is 71.6 Å². The van der Waals surface area contributed by atoms with E-state index in [0.29, 0.717) is 12.1 Å². The minimum Gasteiger partial charge on any atom is -0.465 e. The Morgan fingerprint density at radius 3 is 2.96 bits per heavy atom. The highest BCUT2D eigenvalue weighted by Gasteiger charge is 2.38. The van der Waals surface area contributed by atoms with Crippen molar-refractivity contribution in [2.45, 2.75) is 38.5 Å². The van der Waals surface area contributed by atoms with Crippen molar-refractivity contribution in [2.75, 3.05) is 13.7 Å². The molecule has 4 rings (SSSR count). The van der Waals surface area contributed by atoms with Gasteiger partial charge in [-0.05, 0) is 30.7 Å². The Hall–Kier alpha value is -2.34. The molecule has 0 saturated carbocycles.